The molecule has 1 aliphatic carbocycles. The van der Waals surface area contributed by atoms with Crippen molar-refractivity contribution in [2.45, 2.75) is 36.9 Å². The van der Waals surface area contributed by atoms with Crippen LogP contribution in [-0.2, 0) is 25.5 Å². The standard InChI is InChI=1S/C30H27N3O6/c34-27(35)15-31-28(36)26-13-17-7-1-2-8-18(17)25-14-24(29(37)33(25)26)32-30(38)39-16-23-21-11-5-3-9-19(21)20-10-4-6-12-22(20)23/h1-12,23-26H,13-16H2,(H,31,36)(H,32,38)(H,34,35)/t24-,25-,26+/m1/s1. The number of hydrogen-bond acceptors (Lipinski definition) is 5. The van der Waals surface area contributed by atoms with Crippen molar-refractivity contribution in [2.24, 2.45) is 0 Å². The number of nitrogens with zero attached hydrogens (tertiary/aromatic N) is 1. The molecule has 9 nitrogen and oxygen atoms in total. The number of alkyl carbamates (subject to hydrolysis) is 1. The number of amides is 3. The highest BCUT2D eigenvalue weighted by Gasteiger charge is 2.49. The largest absolute Gasteiger partial charge is 0.480 e. The lowest BCUT2D eigenvalue weighted by atomic mass is 9.88. The van der Waals surface area contributed by atoms with E-state index in [1.165, 1.54) is 4.90 Å². The van der Waals surface area contributed by atoms with Crippen LogP contribution in [0.15, 0.2) is 72.8 Å². The Morgan fingerprint density at radius 2 is 1.51 bits per heavy atom. The molecule has 6 rings (SSSR count). The summed E-state index contributed by atoms with van der Waals surface area (Å²) in [5.74, 6) is -2.20. The molecule has 2 heterocycles. The summed E-state index contributed by atoms with van der Waals surface area (Å²) in [6, 6.07) is 21.5. The molecule has 0 unspecified atom stereocenters. The van der Waals surface area contributed by atoms with Gasteiger partial charge in [0.05, 0.1) is 6.04 Å². The molecular formula is C30H27N3O6. The molecule has 0 bridgehead atoms. The van der Waals surface area contributed by atoms with Crippen LogP contribution >= 0.6 is 0 Å². The van der Waals surface area contributed by atoms with Crippen LogP contribution in [0.3, 0.4) is 0 Å². The zero-order valence-corrected chi connectivity index (χ0v) is 21.0. The van der Waals surface area contributed by atoms with Gasteiger partial charge in [-0.1, -0.05) is 72.8 Å². The summed E-state index contributed by atoms with van der Waals surface area (Å²) in [6.45, 7) is -0.415. The average Bonchev–Trinajstić information content (AvgIpc) is 3.44. The van der Waals surface area contributed by atoms with Crippen LogP contribution < -0.4 is 10.6 Å². The van der Waals surface area contributed by atoms with Crippen molar-refractivity contribution in [1.82, 2.24) is 15.5 Å². The van der Waals surface area contributed by atoms with Gasteiger partial charge >= 0.3 is 12.1 Å². The van der Waals surface area contributed by atoms with Gasteiger partial charge < -0.3 is 25.4 Å². The Morgan fingerprint density at radius 1 is 0.897 bits per heavy atom. The smallest absolute Gasteiger partial charge is 0.407 e. The first-order valence-corrected chi connectivity index (χ1v) is 12.9. The van der Waals surface area contributed by atoms with Gasteiger partial charge in [-0.05, 0) is 33.4 Å². The molecule has 2 aliphatic heterocycles. The van der Waals surface area contributed by atoms with Gasteiger partial charge in [0.1, 0.15) is 25.2 Å². The zero-order valence-electron chi connectivity index (χ0n) is 21.0. The van der Waals surface area contributed by atoms with Gasteiger partial charge in [0, 0.05) is 18.8 Å². The first-order chi connectivity index (χ1) is 18.9. The van der Waals surface area contributed by atoms with E-state index < -0.39 is 48.5 Å². The number of aliphatic carboxylic acids is 1. The van der Waals surface area contributed by atoms with Gasteiger partial charge in [0.15, 0.2) is 0 Å². The Morgan fingerprint density at radius 3 is 2.18 bits per heavy atom. The lowest BCUT2D eigenvalue weighted by molar-refractivity contribution is -0.142. The maximum Gasteiger partial charge on any atom is 0.407 e. The third kappa shape index (κ3) is 4.39. The van der Waals surface area contributed by atoms with Crippen LogP contribution in [0.25, 0.3) is 11.1 Å². The van der Waals surface area contributed by atoms with Gasteiger partial charge in [-0.2, -0.15) is 0 Å². The summed E-state index contributed by atoms with van der Waals surface area (Å²) >= 11 is 0. The number of ether oxygens (including phenoxy) is 1. The average molecular weight is 526 g/mol. The number of carboxylic acids is 1. The maximum absolute atomic E-state index is 13.5. The minimum atomic E-state index is -1.17. The molecule has 0 aromatic heterocycles. The molecule has 3 amide bonds. The van der Waals surface area contributed by atoms with Crippen LogP contribution in [0.4, 0.5) is 4.79 Å². The fraction of sp³-hybridized carbons (Fsp3) is 0.267. The fourth-order valence-corrected chi connectivity index (χ4v) is 6.17. The Balaban J connectivity index is 1.17. The van der Waals surface area contributed by atoms with E-state index in [1.807, 2.05) is 60.7 Å². The lowest BCUT2D eigenvalue weighted by Gasteiger charge is -2.38. The maximum atomic E-state index is 13.5. The second-order valence-corrected chi connectivity index (χ2v) is 10.0. The number of rotatable bonds is 6. The fourth-order valence-electron chi connectivity index (χ4n) is 6.17. The topological polar surface area (TPSA) is 125 Å². The van der Waals surface area contributed by atoms with Gasteiger partial charge in [-0.25, -0.2) is 4.79 Å². The minimum Gasteiger partial charge on any atom is -0.480 e. The number of carboxylic acid groups (broad SMARTS) is 1. The second kappa shape index (κ2) is 9.90. The van der Waals surface area contributed by atoms with Gasteiger partial charge in [0.2, 0.25) is 11.8 Å². The predicted molar refractivity (Wildman–Crippen MR) is 141 cm³/mol. The Bertz CT molecular complexity index is 1440. The Labute approximate surface area is 224 Å². The van der Waals surface area contributed by atoms with Crippen molar-refractivity contribution in [3.63, 3.8) is 0 Å². The lowest BCUT2D eigenvalue weighted by Crippen LogP contribution is -2.54. The van der Waals surface area contributed by atoms with Crippen molar-refractivity contribution in [2.75, 3.05) is 13.2 Å². The number of carbonyl (C=O) groups excluding carboxylic acids is 3. The summed E-state index contributed by atoms with van der Waals surface area (Å²) < 4.78 is 5.65. The van der Waals surface area contributed by atoms with Crippen molar-refractivity contribution < 1.29 is 29.0 Å². The molecule has 3 aliphatic rings. The molecule has 3 atom stereocenters. The number of carbonyl (C=O) groups is 4. The van der Waals surface area contributed by atoms with Crippen LogP contribution in [0.1, 0.15) is 40.6 Å². The number of benzene rings is 3. The van der Waals surface area contributed by atoms with E-state index in [9.17, 15) is 19.2 Å². The normalized spacial score (nSPS) is 20.9. The number of fused-ring (bicyclic) bond motifs is 6. The monoisotopic (exact) mass is 525 g/mol. The number of nitrogens with one attached hydrogen (secondary N) is 2. The minimum absolute atomic E-state index is 0.108. The molecule has 0 saturated carbocycles. The van der Waals surface area contributed by atoms with E-state index in [1.54, 1.807) is 0 Å². The van der Waals surface area contributed by atoms with E-state index in [0.29, 0.717) is 0 Å². The van der Waals surface area contributed by atoms with E-state index in [2.05, 4.69) is 22.8 Å². The van der Waals surface area contributed by atoms with Crippen molar-refractivity contribution in [3.8, 4) is 11.1 Å². The SMILES string of the molecule is O=C(O)CNC(=O)[C@@H]1Cc2ccccc2[C@H]2C[C@@H](NC(=O)OCC3c4ccccc4-c4ccccc43)C(=O)N21. The van der Waals surface area contributed by atoms with E-state index in [-0.39, 0.29) is 25.4 Å². The molecule has 39 heavy (non-hydrogen) atoms. The molecular weight excluding hydrogens is 498 g/mol. The van der Waals surface area contributed by atoms with E-state index >= 15 is 0 Å². The molecule has 198 valence electrons. The molecule has 1 saturated heterocycles. The Hall–Kier alpha value is -4.66. The van der Waals surface area contributed by atoms with Crippen molar-refractivity contribution in [3.05, 3.63) is 95.1 Å². The molecule has 3 N–H and O–H groups in total. The third-order valence-corrected chi connectivity index (χ3v) is 7.86. The quantitative estimate of drug-likeness (QED) is 0.455. The van der Waals surface area contributed by atoms with Gasteiger partial charge in [0.25, 0.3) is 0 Å². The molecule has 9 heteroatoms. The second-order valence-electron chi connectivity index (χ2n) is 10.0. The predicted octanol–water partition coefficient (Wildman–Crippen LogP) is 2.99. The van der Waals surface area contributed by atoms with Crippen LogP contribution in [-0.4, -0.2) is 59.1 Å². The molecule has 3 aromatic carbocycles. The summed E-state index contributed by atoms with van der Waals surface area (Å²) in [5.41, 5.74) is 6.26. The summed E-state index contributed by atoms with van der Waals surface area (Å²) in [5, 5.41) is 14.1. The highest BCUT2D eigenvalue weighted by Crippen LogP contribution is 2.45. The summed E-state index contributed by atoms with van der Waals surface area (Å²) in [4.78, 5) is 51.8. The highest BCUT2D eigenvalue weighted by atomic mass is 16.5. The zero-order chi connectivity index (χ0) is 27.1. The first-order valence-electron chi connectivity index (χ1n) is 12.9. The van der Waals surface area contributed by atoms with Gasteiger partial charge in [-0.3, -0.25) is 14.4 Å². The molecule has 3 aromatic rings. The van der Waals surface area contributed by atoms with Crippen molar-refractivity contribution in [1.29, 1.82) is 0 Å². The molecule has 0 spiro atoms. The van der Waals surface area contributed by atoms with Gasteiger partial charge in [-0.15, -0.1) is 0 Å². The third-order valence-electron chi connectivity index (χ3n) is 7.86. The van der Waals surface area contributed by atoms with E-state index in [4.69, 9.17) is 9.84 Å². The van der Waals surface area contributed by atoms with Crippen LogP contribution in [0, 0.1) is 0 Å². The highest BCUT2D eigenvalue weighted by molar-refractivity contribution is 5.95. The molecule has 0 radical (unpaired) electrons. The summed E-state index contributed by atoms with van der Waals surface area (Å²) in [7, 11) is 0. The van der Waals surface area contributed by atoms with Crippen LogP contribution in [0.2, 0.25) is 0 Å². The Kier molecular flexibility index (Phi) is 6.26. The summed E-state index contributed by atoms with van der Waals surface area (Å²) in [6.07, 6.45) is -0.153. The molecule has 1 fully saturated rings. The first kappa shape index (κ1) is 24.7. The van der Waals surface area contributed by atoms with Crippen LogP contribution in [0.5, 0.6) is 0 Å². The number of hydrogen-bond donors (Lipinski definition) is 3. The van der Waals surface area contributed by atoms with E-state index in [0.717, 1.165) is 33.4 Å². The van der Waals surface area contributed by atoms with Crippen molar-refractivity contribution >= 4 is 23.9 Å².